The molecule has 0 unspecified atom stereocenters. The molecule has 1 N–H and O–H groups in total. The van der Waals surface area contributed by atoms with Crippen molar-refractivity contribution >= 4 is 11.9 Å². The summed E-state index contributed by atoms with van der Waals surface area (Å²) in [6.07, 6.45) is 3.92. The number of fused-ring (bicyclic) bond motifs is 2. The summed E-state index contributed by atoms with van der Waals surface area (Å²) in [4.78, 5) is 26.0. The van der Waals surface area contributed by atoms with Crippen molar-refractivity contribution in [1.29, 1.82) is 0 Å². The number of nitrogens with zero attached hydrogens (tertiary/aromatic N) is 1. The van der Waals surface area contributed by atoms with Crippen LogP contribution in [-0.4, -0.2) is 28.4 Å². The molecule has 0 saturated heterocycles. The number of benzene rings is 2. The van der Waals surface area contributed by atoms with E-state index in [9.17, 15) is 9.59 Å². The Labute approximate surface area is 140 Å². The quantitative estimate of drug-likeness (QED) is 0.925. The Hall–Kier alpha value is -2.62. The summed E-state index contributed by atoms with van der Waals surface area (Å²) in [5.41, 5.74) is 5.69. The molecule has 24 heavy (non-hydrogen) atoms. The minimum atomic E-state index is -0.929. The van der Waals surface area contributed by atoms with E-state index in [0.717, 1.165) is 42.4 Å². The summed E-state index contributed by atoms with van der Waals surface area (Å²) in [6.45, 7) is 1.17. The third-order valence-corrected chi connectivity index (χ3v) is 5.13. The molecule has 0 atom stereocenters. The maximum absolute atomic E-state index is 13.0. The van der Waals surface area contributed by atoms with Crippen molar-refractivity contribution < 1.29 is 14.7 Å². The molecule has 1 heterocycles. The van der Waals surface area contributed by atoms with Crippen LogP contribution in [0.25, 0.3) is 0 Å². The number of aryl methyl sites for hydroxylation is 1. The summed E-state index contributed by atoms with van der Waals surface area (Å²) < 4.78 is 0. The number of carboxylic acids is 1. The fraction of sp³-hybridized carbons (Fsp3) is 0.300. The minimum absolute atomic E-state index is 0.0696. The number of hydrogen-bond donors (Lipinski definition) is 1. The van der Waals surface area contributed by atoms with E-state index in [-0.39, 0.29) is 11.5 Å². The minimum Gasteiger partial charge on any atom is -0.478 e. The lowest BCUT2D eigenvalue weighted by Gasteiger charge is -2.29. The van der Waals surface area contributed by atoms with Gasteiger partial charge in [0.1, 0.15) is 0 Å². The summed E-state index contributed by atoms with van der Waals surface area (Å²) in [6, 6.07) is 11.2. The van der Waals surface area contributed by atoms with E-state index in [1.165, 1.54) is 11.1 Å². The van der Waals surface area contributed by atoms with Crippen molar-refractivity contribution in [2.45, 2.75) is 32.2 Å². The predicted molar refractivity (Wildman–Crippen MR) is 90.3 cm³/mol. The maximum atomic E-state index is 13.0. The van der Waals surface area contributed by atoms with Gasteiger partial charge in [-0.1, -0.05) is 18.2 Å². The first kappa shape index (κ1) is 14.9. The van der Waals surface area contributed by atoms with Crippen LogP contribution in [-0.2, 0) is 25.8 Å². The molecule has 0 spiro atoms. The highest BCUT2D eigenvalue weighted by atomic mass is 16.4. The second-order valence-corrected chi connectivity index (χ2v) is 6.56. The maximum Gasteiger partial charge on any atom is 0.335 e. The second kappa shape index (κ2) is 5.78. The molecule has 4 nitrogen and oxygen atoms in total. The SMILES string of the molecule is O=C(O)c1ccc2c(c1)CN(C(=O)c1cccc3c1CCC3)CC2. The van der Waals surface area contributed by atoms with Crippen molar-refractivity contribution in [3.63, 3.8) is 0 Å². The zero-order valence-corrected chi connectivity index (χ0v) is 13.4. The van der Waals surface area contributed by atoms with Gasteiger partial charge in [-0.2, -0.15) is 0 Å². The summed E-state index contributed by atoms with van der Waals surface area (Å²) >= 11 is 0. The third kappa shape index (κ3) is 2.48. The van der Waals surface area contributed by atoms with Gasteiger partial charge in [-0.25, -0.2) is 4.79 Å². The molecule has 122 valence electrons. The molecule has 4 heteroatoms. The number of amides is 1. The Morgan fingerprint density at radius 1 is 0.958 bits per heavy atom. The molecule has 0 radical (unpaired) electrons. The summed E-state index contributed by atoms with van der Waals surface area (Å²) in [7, 11) is 0. The van der Waals surface area contributed by atoms with Gasteiger partial charge < -0.3 is 10.0 Å². The van der Waals surface area contributed by atoms with E-state index in [4.69, 9.17) is 5.11 Å². The molecule has 0 saturated carbocycles. The average molecular weight is 321 g/mol. The first-order chi connectivity index (χ1) is 11.6. The molecule has 1 aliphatic heterocycles. The van der Waals surface area contributed by atoms with E-state index >= 15 is 0 Å². The molecule has 2 aliphatic rings. The van der Waals surface area contributed by atoms with Crippen molar-refractivity contribution in [2.75, 3.05) is 6.54 Å². The van der Waals surface area contributed by atoms with Gasteiger partial charge in [-0.15, -0.1) is 0 Å². The lowest BCUT2D eigenvalue weighted by Crippen LogP contribution is -2.36. The van der Waals surface area contributed by atoms with Gasteiger partial charge in [0.15, 0.2) is 0 Å². The zero-order valence-electron chi connectivity index (χ0n) is 13.4. The Bertz CT molecular complexity index is 841. The van der Waals surface area contributed by atoms with Crippen LogP contribution in [0.4, 0.5) is 0 Å². The number of aromatic carboxylic acids is 1. The van der Waals surface area contributed by atoms with Crippen LogP contribution >= 0.6 is 0 Å². The largest absolute Gasteiger partial charge is 0.478 e. The molecule has 0 bridgehead atoms. The zero-order chi connectivity index (χ0) is 16.7. The average Bonchev–Trinajstić information content (AvgIpc) is 3.08. The van der Waals surface area contributed by atoms with Crippen molar-refractivity contribution in [2.24, 2.45) is 0 Å². The van der Waals surface area contributed by atoms with E-state index in [1.807, 2.05) is 23.1 Å². The van der Waals surface area contributed by atoms with Crippen LogP contribution in [0.3, 0.4) is 0 Å². The summed E-state index contributed by atoms with van der Waals surface area (Å²) in [5, 5.41) is 9.16. The van der Waals surface area contributed by atoms with Crippen LogP contribution in [0.1, 0.15) is 49.4 Å². The number of carbonyl (C=O) groups is 2. The fourth-order valence-electron chi connectivity index (χ4n) is 3.85. The molecule has 2 aromatic rings. The number of hydrogen-bond acceptors (Lipinski definition) is 2. The molecular formula is C20H19NO3. The summed E-state index contributed by atoms with van der Waals surface area (Å²) in [5.74, 6) is -0.859. The van der Waals surface area contributed by atoms with Crippen LogP contribution in [0.5, 0.6) is 0 Å². The highest BCUT2D eigenvalue weighted by molar-refractivity contribution is 5.96. The standard InChI is InChI=1S/C20H19NO3/c22-19(18-6-2-4-14-3-1-5-17(14)18)21-10-9-13-7-8-15(20(23)24)11-16(13)12-21/h2,4,6-8,11H,1,3,5,9-10,12H2,(H,23,24). The van der Waals surface area contributed by atoms with Gasteiger partial charge >= 0.3 is 5.97 Å². The van der Waals surface area contributed by atoms with Gasteiger partial charge in [0.05, 0.1) is 5.56 Å². The molecule has 0 fully saturated rings. The predicted octanol–water partition coefficient (Wildman–Crippen LogP) is 3.07. The van der Waals surface area contributed by atoms with E-state index in [1.54, 1.807) is 12.1 Å². The van der Waals surface area contributed by atoms with Gasteiger partial charge in [-0.3, -0.25) is 4.79 Å². The second-order valence-electron chi connectivity index (χ2n) is 6.56. The molecular weight excluding hydrogens is 302 g/mol. The van der Waals surface area contributed by atoms with Gasteiger partial charge in [-0.05, 0) is 66.1 Å². The van der Waals surface area contributed by atoms with Crippen molar-refractivity contribution in [1.82, 2.24) is 4.90 Å². The Balaban J connectivity index is 1.63. The monoisotopic (exact) mass is 321 g/mol. The lowest BCUT2D eigenvalue weighted by molar-refractivity contribution is 0.0696. The van der Waals surface area contributed by atoms with Crippen LogP contribution < -0.4 is 0 Å². The molecule has 4 rings (SSSR count). The van der Waals surface area contributed by atoms with Gasteiger partial charge in [0.2, 0.25) is 0 Å². The highest BCUT2D eigenvalue weighted by Crippen LogP contribution is 2.28. The molecule has 2 aromatic carbocycles. The number of carboxylic acid groups (broad SMARTS) is 1. The topological polar surface area (TPSA) is 57.6 Å². The Morgan fingerprint density at radius 2 is 1.83 bits per heavy atom. The Morgan fingerprint density at radius 3 is 2.67 bits per heavy atom. The number of rotatable bonds is 2. The Kier molecular flexibility index (Phi) is 3.60. The third-order valence-electron chi connectivity index (χ3n) is 5.13. The highest BCUT2D eigenvalue weighted by Gasteiger charge is 2.26. The smallest absolute Gasteiger partial charge is 0.335 e. The van der Waals surface area contributed by atoms with Gasteiger partial charge in [0, 0.05) is 18.7 Å². The lowest BCUT2D eigenvalue weighted by atomic mass is 9.96. The van der Waals surface area contributed by atoms with E-state index < -0.39 is 5.97 Å². The number of carbonyl (C=O) groups excluding carboxylic acids is 1. The van der Waals surface area contributed by atoms with Crippen molar-refractivity contribution in [3.05, 3.63) is 69.8 Å². The molecule has 0 aromatic heterocycles. The fourth-order valence-corrected chi connectivity index (χ4v) is 3.85. The molecule has 1 aliphatic carbocycles. The first-order valence-corrected chi connectivity index (χ1v) is 8.38. The first-order valence-electron chi connectivity index (χ1n) is 8.38. The van der Waals surface area contributed by atoms with Crippen LogP contribution in [0, 0.1) is 0 Å². The van der Waals surface area contributed by atoms with Crippen LogP contribution in [0.15, 0.2) is 36.4 Å². The van der Waals surface area contributed by atoms with Crippen LogP contribution in [0.2, 0.25) is 0 Å². The van der Waals surface area contributed by atoms with Gasteiger partial charge in [0.25, 0.3) is 5.91 Å². The van der Waals surface area contributed by atoms with Crippen molar-refractivity contribution in [3.8, 4) is 0 Å². The van der Waals surface area contributed by atoms with E-state index in [0.29, 0.717) is 13.1 Å². The molecule has 1 amide bonds. The van der Waals surface area contributed by atoms with E-state index in [2.05, 4.69) is 6.07 Å². The normalized spacial score (nSPS) is 15.8.